The molecule has 0 saturated carbocycles. The number of hydrogen-bond acceptors (Lipinski definition) is 6. The van der Waals surface area contributed by atoms with E-state index < -0.39 is 0 Å². The molecule has 2 aromatic heterocycles. The molecule has 0 bridgehead atoms. The van der Waals surface area contributed by atoms with Crippen LogP contribution in [0.5, 0.6) is 0 Å². The molecule has 0 aliphatic rings. The molecule has 0 fully saturated rings. The molecule has 23 heavy (non-hydrogen) atoms. The van der Waals surface area contributed by atoms with Crippen LogP contribution in [0.1, 0.15) is 13.8 Å². The first kappa shape index (κ1) is 15.2. The second-order valence-electron chi connectivity index (χ2n) is 5.67. The van der Waals surface area contributed by atoms with E-state index >= 15 is 0 Å². The third kappa shape index (κ3) is 3.40. The lowest BCUT2D eigenvalue weighted by Gasteiger charge is -2.21. The number of aliphatic hydroxyl groups is 1. The highest BCUT2D eigenvalue weighted by Gasteiger charge is 2.16. The van der Waals surface area contributed by atoms with Crippen molar-refractivity contribution >= 4 is 28.6 Å². The summed E-state index contributed by atoms with van der Waals surface area (Å²) in [5.74, 6) is 1.34. The summed E-state index contributed by atoms with van der Waals surface area (Å²) in [7, 11) is 0. The molecule has 0 spiro atoms. The number of fused-ring (bicyclic) bond motifs is 1. The van der Waals surface area contributed by atoms with Gasteiger partial charge in [-0.15, -0.1) is 0 Å². The number of nitrogens with one attached hydrogen (secondary N) is 3. The number of anilines is 3. The van der Waals surface area contributed by atoms with Crippen LogP contribution in [0.15, 0.2) is 36.7 Å². The van der Waals surface area contributed by atoms with Crippen molar-refractivity contribution in [2.24, 2.45) is 5.92 Å². The van der Waals surface area contributed by atoms with E-state index in [-0.39, 0.29) is 18.6 Å². The largest absolute Gasteiger partial charge is 0.394 e. The zero-order valence-corrected chi connectivity index (χ0v) is 13.1. The first-order valence-electron chi connectivity index (χ1n) is 7.58. The van der Waals surface area contributed by atoms with Crippen LogP contribution >= 0.6 is 0 Å². The summed E-state index contributed by atoms with van der Waals surface area (Å²) in [4.78, 5) is 16.2. The molecule has 0 saturated heterocycles. The number of aromatic nitrogens is 4. The van der Waals surface area contributed by atoms with Crippen LogP contribution in [0.4, 0.5) is 17.5 Å². The van der Waals surface area contributed by atoms with Crippen LogP contribution in [-0.4, -0.2) is 37.7 Å². The van der Waals surface area contributed by atoms with Crippen molar-refractivity contribution in [1.29, 1.82) is 0 Å². The smallest absolute Gasteiger partial charge is 0.231 e. The lowest BCUT2D eigenvalue weighted by atomic mass is 10.1. The Labute approximate surface area is 134 Å². The van der Waals surface area contributed by atoms with Crippen LogP contribution in [0, 0.1) is 5.92 Å². The fraction of sp³-hybridized carbons (Fsp3) is 0.312. The molecule has 1 atom stereocenters. The van der Waals surface area contributed by atoms with Gasteiger partial charge in [0.15, 0.2) is 11.5 Å². The summed E-state index contributed by atoms with van der Waals surface area (Å²) < 4.78 is 0. The molecule has 0 aliphatic heterocycles. The summed E-state index contributed by atoms with van der Waals surface area (Å²) in [5, 5.41) is 16.0. The third-order valence-corrected chi connectivity index (χ3v) is 3.64. The van der Waals surface area contributed by atoms with Gasteiger partial charge >= 0.3 is 0 Å². The monoisotopic (exact) mass is 312 g/mol. The molecule has 3 rings (SSSR count). The van der Waals surface area contributed by atoms with E-state index in [0.717, 1.165) is 11.2 Å². The van der Waals surface area contributed by atoms with Gasteiger partial charge in [-0.05, 0) is 18.1 Å². The zero-order valence-electron chi connectivity index (χ0n) is 13.1. The van der Waals surface area contributed by atoms with Gasteiger partial charge < -0.3 is 20.7 Å². The van der Waals surface area contributed by atoms with Gasteiger partial charge in [-0.1, -0.05) is 32.0 Å². The predicted octanol–water partition coefficient (Wildman–Crippen LogP) is 2.53. The van der Waals surface area contributed by atoms with Crippen molar-refractivity contribution in [2.45, 2.75) is 19.9 Å². The van der Waals surface area contributed by atoms with E-state index in [1.807, 2.05) is 44.2 Å². The first-order valence-corrected chi connectivity index (χ1v) is 7.58. The predicted molar refractivity (Wildman–Crippen MR) is 90.7 cm³/mol. The topological polar surface area (TPSA) is 98.8 Å². The molecule has 2 heterocycles. The Morgan fingerprint density at radius 3 is 2.65 bits per heavy atom. The van der Waals surface area contributed by atoms with Gasteiger partial charge in [0.05, 0.1) is 19.0 Å². The molecule has 0 amide bonds. The number of aliphatic hydroxyl groups excluding tert-OH is 1. The maximum absolute atomic E-state index is 9.54. The number of aromatic amines is 1. The Bertz CT molecular complexity index is 771. The highest BCUT2D eigenvalue weighted by molar-refractivity contribution is 5.84. The molecule has 4 N–H and O–H groups in total. The van der Waals surface area contributed by atoms with Crippen LogP contribution in [0.25, 0.3) is 11.2 Å². The number of nitrogens with zero attached hydrogens (tertiary/aromatic N) is 3. The molecule has 0 unspecified atom stereocenters. The van der Waals surface area contributed by atoms with Gasteiger partial charge in [-0.2, -0.15) is 9.97 Å². The van der Waals surface area contributed by atoms with E-state index in [1.165, 1.54) is 0 Å². The van der Waals surface area contributed by atoms with Gasteiger partial charge in [0.25, 0.3) is 0 Å². The Morgan fingerprint density at radius 2 is 1.96 bits per heavy atom. The second kappa shape index (κ2) is 6.62. The van der Waals surface area contributed by atoms with E-state index in [1.54, 1.807) is 6.33 Å². The normalized spacial score (nSPS) is 12.5. The van der Waals surface area contributed by atoms with Crippen molar-refractivity contribution in [3.63, 3.8) is 0 Å². The maximum atomic E-state index is 9.54. The molecule has 3 aromatic rings. The summed E-state index contributed by atoms with van der Waals surface area (Å²) in [5.41, 5.74) is 2.19. The molecular formula is C16H20N6O. The SMILES string of the molecule is CC(C)[C@H](CO)Nc1nc(Nc2ccccc2)nc2nc[nH]c12. The molecule has 1 aromatic carbocycles. The van der Waals surface area contributed by atoms with E-state index in [9.17, 15) is 5.11 Å². The standard InChI is InChI=1S/C16H20N6O/c1-10(2)12(8-23)20-15-13-14(18-9-17-13)21-16(22-15)19-11-6-4-3-5-7-11/h3-7,9-10,12,23H,8H2,1-2H3,(H3,17,18,19,20,21,22)/t12-/m0/s1. The molecule has 7 nitrogen and oxygen atoms in total. The lowest BCUT2D eigenvalue weighted by molar-refractivity contribution is 0.249. The summed E-state index contributed by atoms with van der Waals surface area (Å²) in [6, 6.07) is 9.61. The van der Waals surface area contributed by atoms with Crippen molar-refractivity contribution < 1.29 is 5.11 Å². The van der Waals surface area contributed by atoms with Gasteiger partial charge in [-0.25, -0.2) is 4.98 Å². The van der Waals surface area contributed by atoms with E-state index in [4.69, 9.17) is 0 Å². The summed E-state index contributed by atoms with van der Waals surface area (Å²) >= 11 is 0. The van der Waals surface area contributed by atoms with Crippen LogP contribution in [0.3, 0.4) is 0 Å². The Balaban J connectivity index is 1.94. The Morgan fingerprint density at radius 1 is 1.17 bits per heavy atom. The van der Waals surface area contributed by atoms with Crippen molar-refractivity contribution in [3.8, 4) is 0 Å². The van der Waals surface area contributed by atoms with Crippen molar-refractivity contribution in [3.05, 3.63) is 36.7 Å². The van der Waals surface area contributed by atoms with Gasteiger partial charge in [0, 0.05) is 5.69 Å². The van der Waals surface area contributed by atoms with Gasteiger partial charge in [0.2, 0.25) is 5.95 Å². The van der Waals surface area contributed by atoms with Crippen molar-refractivity contribution in [2.75, 3.05) is 17.2 Å². The minimum atomic E-state index is -0.0963. The summed E-state index contributed by atoms with van der Waals surface area (Å²) in [6.45, 7) is 4.11. The molecule has 0 radical (unpaired) electrons. The van der Waals surface area contributed by atoms with E-state index in [0.29, 0.717) is 17.4 Å². The quantitative estimate of drug-likeness (QED) is 0.558. The van der Waals surface area contributed by atoms with Crippen molar-refractivity contribution in [1.82, 2.24) is 19.9 Å². The molecule has 7 heteroatoms. The number of para-hydroxylation sites is 1. The fourth-order valence-corrected chi connectivity index (χ4v) is 2.24. The van der Waals surface area contributed by atoms with Crippen LogP contribution in [-0.2, 0) is 0 Å². The maximum Gasteiger partial charge on any atom is 0.231 e. The van der Waals surface area contributed by atoms with Crippen LogP contribution in [0.2, 0.25) is 0 Å². The number of rotatable bonds is 6. The highest BCUT2D eigenvalue weighted by Crippen LogP contribution is 2.22. The molecule has 120 valence electrons. The highest BCUT2D eigenvalue weighted by atomic mass is 16.3. The molecule has 0 aliphatic carbocycles. The zero-order chi connectivity index (χ0) is 16.2. The number of imidazole rings is 1. The Kier molecular flexibility index (Phi) is 4.38. The minimum absolute atomic E-state index is 0.0265. The second-order valence-corrected chi connectivity index (χ2v) is 5.67. The van der Waals surface area contributed by atoms with Crippen LogP contribution < -0.4 is 10.6 Å². The van der Waals surface area contributed by atoms with Gasteiger partial charge in [0.1, 0.15) is 5.52 Å². The summed E-state index contributed by atoms with van der Waals surface area (Å²) in [6.07, 6.45) is 1.58. The lowest BCUT2D eigenvalue weighted by Crippen LogP contribution is -2.30. The average molecular weight is 312 g/mol. The Hall–Kier alpha value is -2.67. The number of benzene rings is 1. The van der Waals surface area contributed by atoms with Gasteiger partial charge in [-0.3, -0.25) is 0 Å². The van der Waals surface area contributed by atoms with E-state index in [2.05, 4.69) is 30.6 Å². The average Bonchev–Trinajstić information content (AvgIpc) is 3.01. The third-order valence-electron chi connectivity index (χ3n) is 3.64. The number of hydrogen-bond donors (Lipinski definition) is 4. The first-order chi connectivity index (χ1) is 11.2. The minimum Gasteiger partial charge on any atom is -0.394 e. The fourth-order valence-electron chi connectivity index (χ4n) is 2.24. The number of H-pyrrole nitrogens is 1. The molecular weight excluding hydrogens is 292 g/mol.